The number of aryl methyl sites for hydroxylation is 1. The second kappa shape index (κ2) is 14.9. The quantitative estimate of drug-likeness (QED) is 0.180. The van der Waals surface area contributed by atoms with E-state index in [4.69, 9.17) is 19.2 Å². The lowest BCUT2D eigenvalue weighted by atomic mass is 10.3. The van der Waals surface area contributed by atoms with Crippen molar-refractivity contribution in [2.24, 2.45) is 12.0 Å². The molecular formula is C20H38IN7O3. The van der Waals surface area contributed by atoms with Crippen LogP contribution in [0.25, 0.3) is 0 Å². The first-order valence-corrected chi connectivity index (χ1v) is 11.1. The Morgan fingerprint density at radius 3 is 2.58 bits per heavy atom. The molecule has 0 spiro atoms. The van der Waals surface area contributed by atoms with Gasteiger partial charge in [0.05, 0.1) is 25.9 Å². The van der Waals surface area contributed by atoms with Gasteiger partial charge in [-0.15, -0.1) is 34.2 Å². The van der Waals surface area contributed by atoms with Crippen molar-refractivity contribution in [1.82, 2.24) is 30.3 Å². The van der Waals surface area contributed by atoms with Gasteiger partial charge in [0.25, 0.3) is 0 Å². The molecule has 0 amide bonds. The van der Waals surface area contributed by atoms with Crippen molar-refractivity contribution in [1.29, 1.82) is 0 Å². The Hall–Kier alpha value is -1.02. The minimum absolute atomic E-state index is 0. The summed E-state index contributed by atoms with van der Waals surface area (Å²) in [5.41, 5.74) is 0. The number of hydrogen-bond acceptors (Lipinski definition) is 7. The predicted octanol–water partition coefficient (Wildman–Crippen LogP) is 0.695. The normalized spacial score (nSPS) is 19.9. The summed E-state index contributed by atoms with van der Waals surface area (Å²) < 4.78 is 18.6. The van der Waals surface area contributed by atoms with E-state index in [1.807, 2.05) is 18.5 Å². The fourth-order valence-corrected chi connectivity index (χ4v) is 3.42. The van der Waals surface area contributed by atoms with E-state index in [0.29, 0.717) is 6.54 Å². The molecule has 2 aliphatic rings. The van der Waals surface area contributed by atoms with Gasteiger partial charge in [0.15, 0.2) is 11.8 Å². The maximum absolute atomic E-state index is 5.84. The third-order valence-electron chi connectivity index (χ3n) is 5.46. The van der Waals surface area contributed by atoms with Crippen molar-refractivity contribution < 1.29 is 14.2 Å². The molecule has 3 heterocycles. The number of aromatic nitrogens is 3. The number of ether oxygens (including phenoxy) is 3. The zero-order valence-corrected chi connectivity index (χ0v) is 21.2. The number of halogens is 1. The molecule has 0 bridgehead atoms. The Labute approximate surface area is 202 Å². The summed E-state index contributed by atoms with van der Waals surface area (Å²) in [5, 5.41) is 15.2. The fourth-order valence-electron chi connectivity index (χ4n) is 3.42. The van der Waals surface area contributed by atoms with Crippen LogP contribution in [0.4, 0.5) is 0 Å². The molecule has 3 rings (SSSR count). The number of hydrogen-bond donors (Lipinski definition) is 2. The summed E-state index contributed by atoms with van der Waals surface area (Å²) in [4.78, 5) is 7.15. The van der Waals surface area contributed by atoms with Crippen LogP contribution in [-0.4, -0.2) is 97.5 Å². The molecule has 0 saturated carbocycles. The van der Waals surface area contributed by atoms with E-state index in [-0.39, 0.29) is 30.1 Å². The van der Waals surface area contributed by atoms with Gasteiger partial charge in [-0.2, -0.15) is 0 Å². The second-order valence-corrected chi connectivity index (χ2v) is 7.76. The lowest BCUT2D eigenvalue weighted by molar-refractivity contribution is 0.0376. The maximum atomic E-state index is 5.84. The Kier molecular flexibility index (Phi) is 12.6. The topological polar surface area (TPSA) is 98.1 Å². The fraction of sp³-hybridized carbons (Fsp3) is 0.850. The molecule has 2 fully saturated rings. The van der Waals surface area contributed by atoms with Crippen molar-refractivity contribution in [3.8, 4) is 0 Å². The molecule has 2 N–H and O–H groups in total. The number of aliphatic imine (C=N–C) groups is 1. The molecule has 0 aromatic carbocycles. The number of guanidine groups is 1. The standard InChI is InChI=1S/C20H37N7O3.HI/c1-17-24-25-19(26(17)2)15-23-20(21-6-3-8-27-9-13-28-14-10-27)22-7-4-11-30-18-5-12-29-16-18;/h18H,3-16H2,1-2H3,(H2,21,22,23);1H. The summed E-state index contributed by atoms with van der Waals surface area (Å²) >= 11 is 0. The number of nitrogens with zero attached hydrogens (tertiary/aromatic N) is 5. The smallest absolute Gasteiger partial charge is 0.191 e. The van der Waals surface area contributed by atoms with Crippen LogP contribution in [0, 0.1) is 6.92 Å². The van der Waals surface area contributed by atoms with Gasteiger partial charge in [-0.3, -0.25) is 4.90 Å². The van der Waals surface area contributed by atoms with Crippen molar-refractivity contribution in [2.45, 2.75) is 38.8 Å². The average Bonchev–Trinajstić information content (AvgIpc) is 3.40. The van der Waals surface area contributed by atoms with Gasteiger partial charge in [-0.05, 0) is 32.7 Å². The van der Waals surface area contributed by atoms with Crippen LogP contribution in [0.15, 0.2) is 4.99 Å². The van der Waals surface area contributed by atoms with Gasteiger partial charge in [0, 0.05) is 46.4 Å². The molecule has 0 aliphatic carbocycles. The number of morpholine rings is 1. The first-order chi connectivity index (χ1) is 14.7. The molecule has 11 heteroatoms. The predicted molar refractivity (Wildman–Crippen MR) is 130 cm³/mol. The third kappa shape index (κ3) is 9.56. The minimum atomic E-state index is 0. The zero-order chi connectivity index (χ0) is 21.0. The summed E-state index contributed by atoms with van der Waals surface area (Å²) in [6.45, 7) is 11.2. The van der Waals surface area contributed by atoms with Gasteiger partial charge >= 0.3 is 0 Å². The Bertz CT molecular complexity index is 647. The summed E-state index contributed by atoms with van der Waals surface area (Å²) in [6.07, 6.45) is 3.25. The number of nitrogens with one attached hydrogen (secondary N) is 2. The van der Waals surface area contributed by atoms with Crippen molar-refractivity contribution >= 4 is 29.9 Å². The zero-order valence-electron chi connectivity index (χ0n) is 18.8. The van der Waals surface area contributed by atoms with E-state index in [2.05, 4.69) is 25.7 Å². The van der Waals surface area contributed by atoms with Crippen LogP contribution in [0.5, 0.6) is 0 Å². The van der Waals surface area contributed by atoms with Crippen LogP contribution in [0.3, 0.4) is 0 Å². The summed E-state index contributed by atoms with van der Waals surface area (Å²) in [5.74, 6) is 2.55. The van der Waals surface area contributed by atoms with Gasteiger partial charge in [0.1, 0.15) is 12.4 Å². The molecule has 2 saturated heterocycles. The molecule has 1 unspecified atom stereocenters. The third-order valence-corrected chi connectivity index (χ3v) is 5.46. The van der Waals surface area contributed by atoms with E-state index < -0.39 is 0 Å². The Balaban J connectivity index is 0.00000341. The lowest BCUT2D eigenvalue weighted by Crippen LogP contribution is -2.41. The van der Waals surface area contributed by atoms with Crippen LogP contribution in [0.2, 0.25) is 0 Å². The molecule has 10 nitrogen and oxygen atoms in total. The van der Waals surface area contributed by atoms with Gasteiger partial charge in [-0.25, -0.2) is 4.99 Å². The van der Waals surface area contributed by atoms with E-state index in [1.54, 1.807) is 0 Å². The molecule has 1 aromatic rings. The lowest BCUT2D eigenvalue weighted by Gasteiger charge is -2.26. The number of rotatable bonds is 11. The highest BCUT2D eigenvalue weighted by Gasteiger charge is 2.15. The average molecular weight is 551 g/mol. The van der Waals surface area contributed by atoms with Crippen molar-refractivity contribution in [3.05, 3.63) is 11.6 Å². The van der Waals surface area contributed by atoms with E-state index >= 15 is 0 Å². The Morgan fingerprint density at radius 1 is 1.13 bits per heavy atom. The highest BCUT2D eigenvalue weighted by Crippen LogP contribution is 2.08. The molecular weight excluding hydrogens is 513 g/mol. The maximum Gasteiger partial charge on any atom is 0.191 e. The van der Waals surface area contributed by atoms with Crippen molar-refractivity contribution in [2.75, 3.05) is 65.8 Å². The molecule has 1 aromatic heterocycles. The first kappa shape index (κ1) is 26.2. The Morgan fingerprint density at radius 2 is 1.90 bits per heavy atom. The second-order valence-electron chi connectivity index (χ2n) is 7.76. The highest BCUT2D eigenvalue weighted by atomic mass is 127. The molecule has 31 heavy (non-hydrogen) atoms. The first-order valence-electron chi connectivity index (χ1n) is 11.1. The summed E-state index contributed by atoms with van der Waals surface area (Å²) in [6, 6.07) is 0. The molecule has 0 radical (unpaired) electrons. The largest absolute Gasteiger partial charge is 0.379 e. The van der Waals surface area contributed by atoms with Crippen LogP contribution in [-0.2, 0) is 27.8 Å². The van der Waals surface area contributed by atoms with Gasteiger partial charge in [0.2, 0.25) is 0 Å². The molecule has 1 atom stereocenters. The van der Waals surface area contributed by atoms with Crippen molar-refractivity contribution in [3.63, 3.8) is 0 Å². The molecule has 2 aliphatic heterocycles. The van der Waals surface area contributed by atoms with Crippen LogP contribution in [0.1, 0.15) is 30.9 Å². The molecule has 178 valence electrons. The monoisotopic (exact) mass is 551 g/mol. The SMILES string of the molecule is Cc1nnc(CN=C(NCCCOC2CCOC2)NCCCN2CCOCC2)n1C.I. The van der Waals surface area contributed by atoms with Gasteiger partial charge < -0.3 is 29.4 Å². The van der Waals surface area contributed by atoms with Crippen LogP contribution >= 0.6 is 24.0 Å². The van der Waals surface area contributed by atoms with E-state index in [9.17, 15) is 0 Å². The van der Waals surface area contributed by atoms with E-state index in [1.165, 1.54) is 0 Å². The van der Waals surface area contributed by atoms with E-state index in [0.717, 1.165) is 103 Å². The minimum Gasteiger partial charge on any atom is -0.379 e. The summed E-state index contributed by atoms with van der Waals surface area (Å²) in [7, 11) is 1.97. The van der Waals surface area contributed by atoms with Gasteiger partial charge in [-0.1, -0.05) is 0 Å². The van der Waals surface area contributed by atoms with Crippen LogP contribution < -0.4 is 10.6 Å². The highest BCUT2D eigenvalue weighted by molar-refractivity contribution is 14.0.